The summed E-state index contributed by atoms with van der Waals surface area (Å²) in [5.41, 5.74) is 0. The van der Waals surface area contributed by atoms with E-state index in [1.807, 2.05) is 6.08 Å². The van der Waals surface area contributed by atoms with Gasteiger partial charge in [-0.15, -0.1) is 6.58 Å². The van der Waals surface area contributed by atoms with E-state index < -0.39 is 7.32 Å². The summed E-state index contributed by atoms with van der Waals surface area (Å²) in [6, 6.07) is 0. The van der Waals surface area contributed by atoms with Gasteiger partial charge in [-0.05, 0) is 6.42 Å². The molecule has 0 aliphatic rings. The van der Waals surface area contributed by atoms with Crippen molar-refractivity contribution >= 4 is 7.32 Å². The summed E-state index contributed by atoms with van der Waals surface area (Å²) in [6.45, 7) is 5.69. The fourth-order valence-electron chi connectivity index (χ4n) is 0.204. The maximum atomic E-state index is 7.17. The molecular weight excluding hydrogens is 119 g/mol. The van der Waals surface area contributed by atoms with Gasteiger partial charge in [-0.3, -0.25) is 0 Å². The molecule has 0 heterocycles. The van der Waals surface area contributed by atoms with Crippen molar-refractivity contribution in [3.05, 3.63) is 12.7 Å². The Morgan fingerprint density at radius 1 is 1.44 bits per heavy atom. The average molecular weight is 132 g/mol. The minimum Gasteiger partial charge on any atom is -0.402 e. The molecule has 0 radical (unpaired) electrons. The molecule has 0 aromatic heterocycles. The van der Waals surface area contributed by atoms with Crippen LogP contribution in [0.4, 0.5) is 0 Å². The Morgan fingerprint density at radius 3 is 1.78 bits per heavy atom. The number of allylic oxidation sites excluding steroid dienone is 1. The van der Waals surface area contributed by atoms with Crippen molar-refractivity contribution in [2.75, 3.05) is 0 Å². The third-order valence-electron chi connectivity index (χ3n) is 0.493. The smallest absolute Gasteiger partial charge is 0.402 e. The van der Waals surface area contributed by atoms with E-state index in [2.05, 4.69) is 13.5 Å². The molecule has 4 heteroatoms. The first-order valence-electron chi connectivity index (χ1n) is 2.80. The molecule has 0 unspecified atom stereocenters. The van der Waals surface area contributed by atoms with Crippen molar-refractivity contribution < 1.29 is 15.1 Å². The maximum absolute atomic E-state index is 7.17. The van der Waals surface area contributed by atoms with E-state index in [9.17, 15) is 0 Å². The third kappa shape index (κ3) is 87.5. The first-order chi connectivity index (χ1) is 4.15. The zero-order valence-electron chi connectivity index (χ0n) is 5.62. The second-order valence-corrected chi connectivity index (χ2v) is 1.42. The van der Waals surface area contributed by atoms with Crippen LogP contribution < -0.4 is 0 Å². The van der Waals surface area contributed by atoms with Crippen LogP contribution in [0.1, 0.15) is 19.8 Å². The second-order valence-electron chi connectivity index (χ2n) is 1.42. The molecule has 0 aliphatic heterocycles. The molecular formula is C5H13BO3. The van der Waals surface area contributed by atoms with E-state index in [4.69, 9.17) is 15.1 Å². The van der Waals surface area contributed by atoms with Gasteiger partial charge in [0.15, 0.2) is 0 Å². The molecule has 0 amide bonds. The molecule has 54 valence electrons. The Labute approximate surface area is 55.8 Å². The van der Waals surface area contributed by atoms with Crippen LogP contribution in [0.3, 0.4) is 0 Å². The van der Waals surface area contributed by atoms with Gasteiger partial charge in [0.25, 0.3) is 0 Å². The van der Waals surface area contributed by atoms with Crippen molar-refractivity contribution in [2.24, 2.45) is 0 Å². The number of hydrogen-bond donors (Lipinski definition) is 3. The van der Waals surface area contributed by atoms with Crippen molar-refractivity contribution in [3.63, 3.8) is 0 Å². The third-order valence-corrected chi connectivity index (χ3v) is 0.493. The summed E-state index contributed by atoms with van der Waals surface area (Å²) < 4.78 is 0. The largest absolute Gasteiger partial charge is 0.631 e. The van der Waals surface area contributed by atoms with E-state index in [-0.39, 0.29) is 0 Å². The lowest BCUT2D eigenvalue weighted by Crippen LogP contribution is -2.07. The number of unbranched alkanes of at least 4 members (excludes halogenated alkanes) is 1. The highest BCUT2D eigenvalue weighted by molar-refractivity contribution is 6.30. The molecule has 0 fully saturated rings. The Hall–Kier alpha value is -0.315. The fraction of sp³-hybridized carbons (Fsp3) is 0.600. The van der Waals surface area contributed by atoms with E-state index in [1.54, 1.807) is 0 Å². The van der Waals surface area contributed by atoms with E-state index in [0.29, 0.717) is 0 Å². The first-order valence-corrected chi connectivity index (χ1v) is 2.80. The first kappa shape index (κ1) is 11.5. The maximum Gasteiger partial charge on any atom is 0.631 e. The summed E-state index contributed by atoms with van der Waals surface area (Å²) in [5, 5.41) is 21.5. The van der Waals surface area contributed by atoms with Crippen LogP contribution in [0.25, 0.3) is 0 Å². The molecule has 3 N–H and O–H groups in total. The van der Waals surface area contributed by atoms with E-state index >= 15 is 0 Å². The van der Waals surface area contributed by atoms with E-state index in [1.165, 1.54) is 6.42 Å². The van der Waals surface area contributed by atoms with Crippen LogP contribution in [0.2, 0.25) is 0 Å². The highest BCUT2D eigenvalue weighted by Gasteiger charge is 1.92. The van der Waals surface area contributed by atoms with Gasteiger partial charge < -0.3 is 15.1 Å². The molecule has 3 nitrogen and oxygen atoms in total. The van der Waals surface area contributed by atoms with Crippen LogP contribution in [-0.4, -0.2) is 22.4 Å². The van der Waals surface area contributed by atoms with Gasteiger partial charge in [-0.2, -0.15) is 0 Å². The normalized spacial score (nSPS) is 7.11. The monoisotopic (exact) mass is 132 g/mol. The lowest BCUT2D eigenvalue weighted by Gasteiger charge is -1.72. The second kappa shape index (κ2) is 10.6. The molecule has 0 bridgehead atoms. The zero-order chi connectivity index (χ0) is 7.70. The van der Waals surface area contributed by atoms with Gasteiger partial charge >= 0.3 is 7.32 Å². The highest BCUT2D eigenvalue weighted by atomic mass is 16.5. The summed E-state index contributed by atoms with van der Waals surface area (Å²) in [4.78, 5) is 0. The zero-order valence-corrected chi connectivity index (χ0v) is 5.62. The van der Waals surface area contributed by atoms with Crippen molar-refractivity contribution in [1.82, 2.24) is 0 Å². The van der Waals surface area contributed by atoms with E-state index in [0.717, 1.165) is 6.42 Å². The van der Waals surface area contributed by atoms with Gasteiger partial charge in [-0.25, -0.2) is 0 Å². The minimum absolute atomic E-state index is 1.15. The van der Waals surface area contributed by atoms with Crippen LogP contribution in [-0.2, 0) is 0 Å². The van der Waals surface area contributed by atoms with Crippen LogP contribution in [0.15, 0.2) is 12.7 Å². The predicted molar refractivity (Wildman–Crippen MR) is 37.5 cm³/mol. The molecule has 0 aliphatic carbocycles. The molecule has 0 saturated heterocycles. The topological polar surface area (TPSA) is 60.7 Å². The van der Waals surface area contributed by atoms with Gasteiger partial charge in [0, 0.05) is 0 Å². The fourth-order valence-corrected chi connectivity index (χ4v) is 0.204. The molecule has 0 atom stereocenters. The SMILES string of the molecule is C=CCCC.OB(O)O. The minimum atomic E-state index is -2.17. The summed E-state index contributed by atoms with van der Waals surface area (Å²) in [5.74, 6) is 0. The number of hydrogen-bond acceptors (Lipinski definition) is 3. The van der Waals surface area contributed by atoms with Crippen LogP contribution in [0.5, 0.6) is 0 Å². The Balaban J connectivity index is 0. The van der Waals surface area contributed by atoms with Gasteiger partial charge in [0.2, 0.25) is 0 Å². The summed E-state index contributed by atoms with van der Waals surface area (Å²) >= 11 is 0. The van der Waals surface area contributed by atoms with Crippen LogP contribution >= 0.6 is 0 Å². The van der Waals surface area contributed by atoms with Crippen molar-refractivity contribution in [3.8, 4) is 0 Å². The quantitative estimate of drug-likeness (QED) is 0.363. The molecule has 0 saturated carbocycles. The van der Waals surface area contributed by atoms with Gasteiger partial charge in [0.1, 0.15) is 0 Å². The predicted octanol–water partition coefficient (Wildman–Crippen LogP) is -0.0793. The van der Waals surface area contributed by atoms with Crippen LogP contribution in [0, 0.1) is 0 Å². The Bertz CT molecular complexity index is 53.4. The van der Waals surface area contributed by atoms with Crippen molar-refractivity contribution in [1.29, 1.82) is 0 Å². The van der Waals surface area contributed by atoms with Gasteiger partial charge in [0.05, 0.1) is 0 Å². The molecule has 0 aromatic carbocycles. The average Bonchev–Trinajstić information content (AvgIpc) is 1.66. The van der Waals surface area contributed by atoms with Gasteiger partial charge in [-0.1, -0.05) is 19.4 Å². The summed E-state index contributed by atoms with van der Waals surface area (Å²) in [7, 11) is -2.17. The summed E-state index contributed by atoms with van der Waals surface area (Å²) in [6.07, 6.45) is 4.31. The standard InChI is InChI=1S/C5H10.BH3O3/c1-3-5-4-2;2-1(3)4/h3H,1,4-5H2,2H3;2-4H. The highest BCUT2D eigenvalue weighted by Crippen LogP contribution is 1.82. The molecule has 0 rings (SSSR count). The Morgan fingerprint density at radius 2 is 1.78 bits per heavy atom. The Kier molecular flexibility index (Phi) is 13.6. The lowest BCUT2D eigenvalue weighted by molar-refractivity contribution is 0.278. The molecule has 9 heavy (non-hydrogen) atoms. The molecule has 0 aromatic rings. The molecule has 0 spiro atoms. The van der Waals surface area contributed by atoms with Crippen molar-refractivity contribution in [2.45, 2.75) is 19.8 Å². The lowest BCUT2D eigenvalue weighted by atomic mass is 10.3. The number of rotatable bonds is 2.